The standard InChI is InChI=1S/C7H8NO4/c1-2-6(10)12-4-3-5(9)8-7(4)11/h4H,1-3H2,(H,8,9,11). The van der Waals surface area contributed by atoms with Crippen LogP contribution in [0, 0.1) is 6.92 Å². The largest absolute Gasteiger partial charge is 0.452 e. The van der Waals surface area contributed by atoms with Gasteiger partial charge in [-0.05, 0) is 6.92 Å². The van der Waals surface area contributed by atoms with Gasteiger partial charge in [-0.15, -0.1) is 0 Å². The topological polar surface area (TPSA) is 72.5 Å². The Morgan fingerprint density at radius 3 is 2.75 bits per heavy atom. The van der Waals surface area contributed by atoms with Gasteiger partial charge in [0, 0.05) is 6.42 Å². The van der Waals surface area contributed by atoms with Crippen LogP contribution in [0.2, 0.25) is 0 Å². The normalized spacial score (nSPS) is 22.2. The fourth-order valence-corrected chi connectivity index (χ4v) is 0.843. The predicted octanol–water partition coefficient (Wildman–Crippen LogP) is -0.831. The number of hydrogen-bond donors (Lipinski definition) is 1. The van der Waals surface area contributed by atoms with Crippen LogP contribution in [-0.2, 0) is 19.1 Å². The highest BCUT2D eigenvalue weighted by Crippen LogP contribution is 2.06. The maximum absolute atomic E-state index is 10.8. The number of amides is 2. The molecule has 1 fully saturated rings. The van der Waals surface area contributed by atoms with Crippen molar-refractivity contribution >= 4 is 17.8 Å². The Morgan fingerprint density at radius 2 is 2.33 bits per heavy atom. The Balaban J connectivity index is 2.48. The predicted molar refractivity (Wildman–Crippen MR) is 37.6 cm³/mol. The Kier molecular flexibility index (Phi) is 2.42. The molecule has 1 radical (unpaired) electrons. The third-order valence-corrected chi connectivity index (χ3v) is 1.40. The Bertz CT molecular complexity index is 236. The molecule has 0 bridgehead atoms. The lowest BCUT2D eigenvalue weighted by atomic mass is 10.3. The van der Waals surface area contributed by atoms with Gasteiger partial charge in [-0.25, -0.2) is 0 Å². The fourth-order valence-electron chi connectivity index (χ4n) is 0.843. The van der Waals surface area contributed by atoms with Gasteiger partial charge in [-0.1, -0.05) is 0 Å². The third kappa shape index (κ3) is 1.81. The van der Waals surface area contributed by atoms with E-state index in [0.29, 0.717) is 0 Å². The Morgan fingerprint density at radius 1 is 1.67 bits per heavy atom. The van der Waals surface area contributed by atoms with Crippen LogP contribution in [-0.4, -0.2) is 23.9 Å². The second kappa shape index (κ2) is 3.34. The van der Waals surface area contributed by atoms with E-state index >= 15 is 0 Å². The van der Waals surface area contributed by atoms with Crippen molar-refractivity contribution in [2.24, 2.45) is 0 Å². The van der Waals surface area contributed by atoms with Gasteiger partial charge in [0.25, 0.3) is 5.91 Å². The van der Waals surface area contributed by atoms with Crippen molar-refractivity contribution < 1.29 is 19.1 Å². The molecule has 0 aromatic carbocycles. The number of imide groups is 1. The zero-order valence-electron chi connectivity index (χ0n) is 6.33. The van der Waals surface area contributed by atoms with Gasteiger partial charge in [0.15, 0.2) is 6.10 Å². The number of carbonyl (C=O) groups excluding carboxylic acids is 3. The lowest BCUT2D eigenvalue weighted by Crippen LogP contribution is -2.28. The summed E-state index contributed by atoms with van der Waals surface area (Å²) in [6, 6.07) is 0. The molecule has 1 aliphatic rings. The first kappa shape index (κ1) is 8.70. The van der Waals surface area contributed by atoms with Crippen LogP contribution in [0.15, 0.2) is 0 Å². The third-order valence-electron chi connectivity index (χ3n) is 1.40. The second-order valence-corrected chi connectivity index (χ2v) is 2.35. The van der Waals surface area contributed by atoms with Crippen molar-refractivity contribution in [2.45, 2.75) is 18.9 Å². The van der Waals surface area contributed by atoms with E-state index in [1.807, 2.05) is 5.32 Å². The van der Waals surface area contributed by atoms with Gasteiger partial charge in [0.05, 0.1) is 6.42 Å². The average Bonchev–Trinajstić information content (AvgIpc) is 2.30. The maximum atomic E-state index is 10.8. The number of carbonyl (C=O) groups is 3. The minimum atomic E-state index is -0.952. The molecule has 1 heterocycles. The molecule has 0 aromatic heterocycles. The van der Waals surface area contributed by atoms with Crippen LogP contribution < -0.4 is 5.32 Å². The minimum absolute atomic E-state index is 0.0437. The van der Waals surface area contributed by atoms with E-state index in [9.17, 15) is 14.4 Å². The molecule has 1 aliphatic heterocycles. The molecule has 12 heavy (non-hydrogen) atoms. The van der Waals surface area contributed by atoms with Crippen molar-refractivity contribution in [1.82, 2.24) is 5.32 Å². The smallest absolute Gasteiger partial charge is 0.306 e. The van der Waals surface area contributed by atoms with Crippen LogP contribution >= 0.6 is 0 Å². The van der Waals surface area contributed by atoms with E-state index in [0.717, 1.165) is 0 Å². The van der Waals surface area contributed by atoms with Crippen molar-refractivity contribution in [1.29, 1.82) is 0 Å². The van der Waals surface area contributed by atoms with E-state index in [2.05, 4.69) is 11.7 Å². The summed E-state index contributed by atoms with van der Waals surface area (Å²) in [5.74, 6) is -1.55. The molecule has 1 atom stereocenters. The average molecular weight is 170 g/mol. The van der Waals surface area contributed by atoms with Gasteiger partial charge in [-0.2, -0.15) is 0 Å². The number of hydrogen-bond acceptors (Lipinski definition) is 4. The van der Waals surface area contributed by atoms with Crippen molar-refractivity contribution in [3.05, 3.63) is 6.92 Å². The van der Waals surface area contributed by atoms with E-state index in [4.69, 9.17) is 0 Å². The summed E-state index contributed by atoms with van der Waals surface area (Å²) in [5, 5.41) is 2.02. The van der Waals surface area contributed by atoms with Crippen molar-refractivity contribution in [2.75, 3.05) is 0 Å². The summed E-state index contributed by atoms with van der Waals surface area (Å²) >= 11 is 0. The first-order valence-electron chi connectivity index (χ1n) is 3.46. The van der Waals surface area contributed by atoms with E-state index in [1.165, 1.54) is 0 Å². The molecule has 0 spiro atoms. The van der Waals surface area contributed by atoms with Gasteiger partial charge in [0.2, 0.25) is 5.91 Å². The molecule has 65 valence electrons. The monoisotopic (exact) mass is 170 g/mol. The van der Waals surface area contributed by atoms with Gasteiger partial charge < -0.3 is 4.74 Å². The van der Waals surface area contributed by atoms with E-state index in [1.54, 1.807) is 0 Å². The molecule has 1 N–H and O–H groups in total. The summed E-state index contributed by atoms with van der Waals surface area (Å²) in [4.78, 5) is 32.0. The quantitative estimate of drug-likeness (QED) is 0.433. The van der Waals surface area contributed by atoms with Crippen LogP contribution in [0.5, 0.6) is 0 Å². The molecule has 1 unspecified atom stereocenters. The lowest BCUT2D eigenvalue weighted by Gasteiger charge is -2.05. The van der Waals surface area contributed by atoms with Gasteiger partial charge in [-0.3, -0.25) is 19.7 Å². The molecule has 2 amide bonds. The zero-order valence-corrected chi connectivity index (χ0v) is 6.33. The lowest BCUT2D eigenvalue weighted by molar-refractivity contribution is -0.153. The highest BCUT2D eigenvalue weighted by molar-refractivity contribution is 6.05. The summed E-state index contributed by atoms with van der Waals surface area (Å²) < 4.78 is 4.61. The summed E-state index contributed by atoms with van der Waals surface area (Å²) in [6.45, 7) is 3.28. The zero-order chi connectivity index (χ0) is 9.14. The van der Waals surface area contributed by atoms with Crippen molar-refractivity contribution in [3.8, 4) is 0 Å². The van der Waals surface area contributed by atoms with Crippen LogP contribution in [0.25, 0.3) is 0 Å². The van der Waals surface area contributed by atoms with Gasteiger partial charge in [0.1, 0.15) is 0 Å². The molecule has 0 saturated carbocycles. The van der Waals surface area contributed by atoms with Crippen molar-refractivity contribution in [3.63, 3.8) is 0 Å². The number of rotatable bonds is 2. The molecule has 1 saturated heterocycles. The van der Waals surface area contributed by atoms with Crippen LogP contribution in [0.1, 0.15) is 12.8 Å². The highest BCUT2D eigenvalue weighted by atomic mass is 16.5. The first-order valence-corrected chi connectivity index (χ1v) is 3.46. The minimum Gasteiger partial charge on any atom is -0.452 e. The molecular formula is C7H8NO4. The summed E-state index contributed by atoms with van der Waals surface area (Å²) in [6.07, 6.45) is -1.07. The molecule has 5 nitrogen and oxygen atoms in total. The van der Waals surface area contributed by atoms with Gasteiger partial charge >= 0.3 is 5.97 Å². The molecule has 0 aromatic rings. The number of nitrogens with one attached hydrogen (secondary N) is 1. The van der Waals surface area contributed by atoms with E-state index in [-0.39, 0.29) is 12.8 Å². The fraction of sp³-hybridized carbons (Fsp3) is 0.429. The number of ether oxygens (including phenoxy) is 1. The highest BCUT2D eigenvalue weighted by Gasteiger charge is 2.33. The summed E-state index contributed by atoms with van der Waals surface area (Å²) in [7, 11) is 0. The van der Waals surface area contributed by atoms with E-state index < -0.39 is 23.9 Å². The Hall–Kier alpha value is -1.39. The number of esters is 1. The second-order valence-electron chi connectivity index (χ2n) is 2.35. The molecule has 5 heteroatoms. The Labute approximate surface area is 69.1 Å². The SMILES string of the molecule is [CH2]CC(=O)OC1CC(=O)NC1=O. The molecule has 0 aliphatic carbocycles. The van der Waals surface area contributed by atoms with Crippen LogP contribution in [0.3, 0.4) is 0 Å². The first-order chi connectivity index (χ1) is 5.63. The van der Waals surface area contributed by atoms with Crippen LogP contribution in [0.4, 0.5) is 0 Å². The summed E-state index contributed by atoms with van der Waals surface area (Å²) in [5.41, 5.74) is 0. The maximum Gasteiger partial charge on any atom is 0.306 e. The molecular weight excluding hydrogens is 162 g/mol. The molecule has 1 rings (SSSR count).